The second kappa shape index (κ2) is 4.51. The van der Waals surface area contributed by atoms with Gasteiger partial charge in [-0.15, -0.1) is 0 Å². The maximum absolute atomic E-state index is 11.7. The van der Waals surface area contributed by atoms with Crippen molar-refractivity contribution in [1.82, 2.24) is 10.3 Å². The van der Waals surface area contributed by atoms with Crippen LogP contribution in [-0.4, -0.2) is 23.0 Å². The Kier molecular flexibility index (Phi) is 3.25. The van der Waals surface area contributed by atoms with Gasteiger partial charge in [0.25, 0.3) is 5.91 Å². The Morgan fingerprint density at radius 3 is 2.81 bits per heavy atom. The first-order valence-corrected chi connectivity index (χ1v) is 6.07. The van der Waals surface area contributed by atoms with Crippen molar-refractivity contribution >= 4 is 21.8 Å². The average molecular weight is 284 g/mol. The van der Waals surface area contributed by atoms with Crippen LogP contribution in [-0.2, 0) is 0 Å². The Morgan fingerprint density at radius 2 is 2.31 bits per heavy atom. The quantitative estimate of drug-likeness (QED) is 0.883. The van der Waals surface area contributed by atoms with Crippen LogP contribution < -0.4 is 11.1 Å². The first-order chi connectivity index (χ1) is 7.59. The summed E-state index contributed by atoms with van der Waals surface area (Å²) >= 11 is 3.27. The van der Waals surface area contributed by atoms with E-state index < -0.39 is 0 Å². The Balaban J connectivity index is 1.90. The van der Waals surface area contributed by atoms with Gasteiger partial charge in [0.1, 0.15) is 5.69 Å². The lowest BCUT2D eigenvalue weighted by molar-refractivity contribution is 0.0925. The molecule has 1 heterocycles. The molecule has 1 saturated carbocycles. The van der Waals surface area contributed by atoms with Gasteiger partial charge in [-0.3, -0.25) is 4.79 Å². The van der Waals surface area contributed by atoms with Gasteiger partial charge in [-0.05, 0) is 47.3 Å². The van der Waals surface area contributed by atoms with Gasteiger partial charge in [-0.1, -0.05) is 0 Å². The number of nitrogens with one attached hydrogen (secondary N) is 1. The van der Waals surface area contributed by atoms with Crippen LogP contribution in [0.1, 0.15) is 29.8 Å². The fraction of sp³-hybridized carbons (Fsp3) is 0.455. The zero-order chi connectivity index (χ0) is 11.6. The number of carbonyl (C=O) groups is 1. The zero-order valence-electron chi connectivity index (χ0n) is 8.87. The van der Waals surface area contributed by atoms with Gasteiger partial charge < -0.3 is 11.1 Å². The minimum atomic E-state index is -0.189. The molecule has 16 heavy (non-hydrogen) atoms. The Morgan fingerprint density at radius 1 is 1.56 bits per heavy atom. The van der Waals surface area contributed by atoms with E-state index in [4.69, 9.17) is 5.73 Å². The molecule has 1 aliphatic rings. The summed E-state index contributed by atoms with van der Waals surface area (Å²) in [5.74, 6) is -0.163. The summed E-state index contributed by atoms with van der Waals surface area (Å²) in [7, 11) is 0. The molecule has 0 unspecified atom stereocenters. The smallest absolute Gasteiger partial charge is 0.269 e. The largest absolute Gasteiger partial charge is 0.349 e. The lowest BCUT2D eigenvalue weighted by Gasteiger charge is -2.38. The number of carbonyl (C=O) groups excluding carboxylic acids is 1. The summed E-state index contributed by atoms with van der Waals surface area (Å²) in [6.45, 7) is 0.531. The van der Waals surface area contributed by atoms with Crippen molar-refractivity contribution in [3.63, 3.8) is 0 Å². The number of halogens is 1. The number of amides is 1. The number of aromatic nitrogens is 1. The summed E-state index contributed by atoms with van der Waals surface area (Å²) in [4.78, 5) is 15.7. The lowest BCUT2D eigenvalue weighted by Crippen LogP contribution is -2.55. The second-order valence-electron chi connectivity index (χ2n) is 4.26. The maximum atomic E-state index is 11.7. The molecule has 1 aliphatic carbocycles. The molecule has 0 aromatic carbocycles. The molecule has 5 heteroatoms. The highest BCUT2D eigenvalue weighted by atomic mass is 79.9. The molecule has 1 aromatic heterocycles. The number of pyridine rings is 1. The van der Waals surface area contributed by atoms with Gasteiger partial charge >= 0.3 is 0 Å². The number of nitrogens with zero attached hydrogens (tertiary/aromatic N) is 1. The van der Waals surface area contributed by atoms with E-state index in [1.165, 1.54) is 0 Å². The highest BCUT2D eigenvalue weighted by Gasteiger charge is 2.32. The minimum Gasteiger partial charge on any atom is -0.349 e. The summed E-state index contributed by atoms with van der Waals surface area (Å²) in [6, 6.07) is 3.48. The van der Waals surface area contributed by atoms with E-state index in [9.17, 15) is 4.79 Å². The molecule has 0 bridgehead atoms. The third-order valence-electron chi connectivity index (χ3n) is 2.91. The number of rotatable bonds is 3. The fourth-order valence-corrected chi connectivity index (χ4v) is 1.90. The van der Waals surface area contributed by atoms with Crippen LogP contribution in [0.3, 0.4) is 0 Å². The molecule has 2 rings (SSSR count). The van der Waals surface area contributed by atoms with Crippen molar-refractivity contribution in [2.24, 2.45) is 5.73 Å². The first-order valence-electron chi connectivity index (χ1n) is 5.28. The van der Waals surface area contributed by atoms with Crippen molar-refractivity contribution in [3.05, 3.63) is 28.5 Å². The number of nitrogens with two attached hydrogens (primary N) is 1. The van der Waals surface area contributed by atoms with E-state index in [1.807, 2.05) is 0 Å². The molecule has 0 spiro atoms. The monoisotopic (exact) mass is 283 g/mol. The van der Waals surface area contributed by atoms with Crippen LogP contribution in [0.2, 0.25) is 0 Å². The molecular weight excluding hydrogens is 270 g/mol. The molecule has 1 amide bonds. The number of hydrogen-bond acceptors (Lipinski definition) is 3. The third-order valence-corrected chi connectivity index (χ3v) is 3.38. The Labute approximate surface area is 103 Å². The molecule has 3 N–H and O–H groups in total. The average Bonchev–Trinajstić information content (AvgIpc) is 2.24. The van der Waals surface area contributed by atoms with Crippen LogP contribution >= 0.6 is 15.9 Å². The molecule has 86 valence electrons. The lowest BCUT2D eigenvalue weighted by atomic mass is 9.78. The van der Waals surface area contributed by atoms with Crippen LogP contribution in [0, 0.1) is 0 Å². The van der Waals surface area contributed by atoms with Crippen molar-refractivity contribution < 1.29 is 4.79 Å². The van der Waals surface area contributed by atoms with Crippen molar-refractivity contribution in [1.29, 1.82) is 0 Å². The topological polar surface area (TPSA) is 68.0 Å². The van der Waals surface area contributed by atoms with E-state index in [1.54, 1.807) is 18.3 Å². The minimum absolute atomic E-state index is 0.163. The van der Waals surface area contributed by atoms with E-state index in [0.29, 0.717) is 12.2 Å². The van der Waals surface area contributed by atoms with Crippen molar-refractivity contribution in [2.75, 3.05) is 6.54 Å². The van der Waals surface area contributed by atoms with Crippen molar-refractivity contribution in [3.8, 4) is 0 Å². The highest BCUT2D eigenvalue weighted by Crippen LogP contribution is 2.28. The summed E-state index contributed by atoms with van der Waals surface area (Å²) in [5.41, 5.74) is 6.24. The van der Waals surface area contributed by atoms with Crippen molar-refractivity contribution in [2.45, 2.75) is 24.8 Å². The van der Waals surface area contributed by atoms with E-state index in [0.717, 1.165) is 23.7 Å². The predicted octanol–water partition coefficient (Wildman–Crippen LogP) is 1.46. The van der Waals surface area contributed by atoms with Crippen LogP contribution in [0.25, 0.3) is 0 Å². The first kappa shape index (κ1) is 11.5. The second-order valence-corrected chi connectivity index (χ2v) is 5.18. The van der Waals surface area contributed by atoms with Gasteiger partial charge in [0.2, 0.25) is 0 Å². The highest BCUT2D eigenvalue weighted by molar-refractivity contribution is 9.10. The molecule has 0 aliphatic heterocycles. The zero-order valence-corrected chi connectivity index (χ0v) is 10.5. The van der Waals surface area contributed by atoms with Gasteiger partial charge in [0, 0.05) is 22.8 Å². The molecule has 1 fully saturated rings. The maximum Gasteiger partial charge on any atom is 0.269 e. The molecular formula is C11H14BrN3O. The molecule has 0 radical (unpaired) electrons. The Bertz CT molecular complexity index is 387. The van der Waals surface area contributed by atoms with Gasteiger partial charge in [0.05, 0.1) is 0 Å². The Hall–Kier alpha value is -0.940. The standard InChI is InChI=1S/C11H14BrN3O/c12-8-2-3-9(14-6-8)10(16)15-7-11(13)4-1-5-11/h2-3,6H,1,4-5,7,13H2,(H,15,16). The van der Waals surface area contributed by atoms with Gasteiger partial charge in [-0.25, -0.2) is 4.98 Å². The molecule has 1 aromatic rings. The molecule has 0 saturated heterocycles. The normalized spacial score (nSPS) is 17.6. The summed E-state index contributed by atoms with van der Waals surface area (Å²) in [5, 5.41) is 2.82. The van der Waals surface area contributed by atoms with Crippen LogP contribution in [0.5, 0.6) is 0 Å². The van der Waals surface area contributed by atoms with E-state index in [2.05, 4.69) is 26.2 Å². The summed E-state index contributed by atoms with van der Waals surface area (Å²) < 4.78 is 0.860. The SMILES string of the molecule is NC1(CNC(=O)c2ccc(Br)cn2)CCC1. The molecule has 0 atom stereocenters. The van der Waals surface area contributed by atoms with Crippen LogP contribution in [0.4, 0.5) is 0 Å². The molecule has 4 nitrogen and oxygen atoms in total. The summed E-state index contributed by atoms with van der Waals surface area (Å²) in [6.07, 6.45) is 4.74. The van der Waals surface area contributed by atoms with Crippen LogP contribution in [0.15, 0.2) is 22.8 Å². The van der Waals surface area contributed by atoms with Gasteiger partial charge in [0.15, 0.2) is 0 Å². The number of hydrogen-bond donors (Lipinski definition) is 2. The van der Waals surface area contributed by atoms with E-state index in [-0.39, 0.29) is 11.4 Å². The predicted molar refractivity (Wildman–Crippen MR) is 65.0 cm³/mol. The third kappa shape index (κ3) is 2.59. The van der Waals surface area contributed by atoms with E-state index >= 15 is 0 Å². The van der Waals surface area contributed by atoms with Gasteiger partial charge in [-0.2, -0.15) is 0 Å². The fourth-order valence-electron chi connectivity index (χ4n) is 1.66.